The Kier molecular flexibility index (Phi) is 7.43. The molecule has 0 spiro atoms. The summed E-state index contributed by atoms with van der Waals surface area (Å²) >= 11 is 0. The Bertz CT molecular complexity index is 1170. The van der Waals surface area contributed by atoms with Gasteiger partial charge in [-0.3, -0.25) is 14.6 Å². The summed E-state index contributed by atoms with van der Waals surface area (Å²) in [7, 11) is -3.64. The number of amides is 1. The fourth-order valence-electron chi connectivity index (χ4n) is 3.94. The van der Waals surface area contributed by atoms with Crippen LogP contribution in [0.2, 0.25) is 0 Å². The molecule has 7 N–H and O–H groups in total. The van der Waals surface area contributed by atoms with E-state index in [0.717, 1.165) is 38.5 Å². The average Bonchev–Trinajstić information content (AvgIpc) is 2.97. The number of aromatic nitrogens is 2. The summed E-state index contributed by atoms with van der Waals surface area (Å²) in [6.07, 6.45) is 6.08. The molecule has 1 aromatic carbocycles. The van der Waals surface area contributed by atoms with Crippen LogP contribution < -0.4 is 27.7 Å². The van der Waals surface area contributed by atoms with Gasteiger partial charge in [0.25, 0.3) is 11.5 Å². The van der Waals surface area contributed by atoms with Gasteiger partial charge in [0.15, 0.2) is 15.7 Å². The van der Waals surface area contributed by atoms with Crippen molar-refractivity contribution in [2.75, 3.05) is 17.2 Å². The molecule has 1 heterocycles. The quantitative estimate of drug-likeness (QED) is 0.361. The van der Waals surface area contributed by atoms with Crippen molar-refractivity contribution in [3.63, 3.8) is 0 Å². The Hall–Kier alpha value is -2.92. The number of anilines is 3. The number of carbonyl (C=O) groups excluding carboxylic acids is 1. The summed E-state index contributed by atoms with van der Waals surface area (Å²) < 4.78 is 25.6. The molecule has 3 rings (SSSR count). The minimum atomic E-state index is -3.64. The zero-order valence-corrected chi connectivity index (χ0v) is 19.8. The van der Waals surface area contributed by atoms with Crippen molar-refractivity contribution in [3.8, 4) is 0 Å². The smallest absolute Gasteiger partial charge is 0.267 e. The number of sulfone groups is 1. The third-order valence-electron chi connectivity index (χ3n) is 5.94. The average molecular weight is 477 g/mol. The Labute approximate surface area is 193 Å². The summed E-state index contributed by atoms with van der Waals surface area (Å²) in [5.74, 6) is -1.00. The third kappa shape index (κ3) is 5.72. The monoisotopic (exact) mass is 476 g/mol. The number of carbonyl (C=O) groups is 1. The van der Waals surface area contributed by atoms with Crippen LogP contribution in [0.25, 0.3) is 0 Å². The van der Waals surface area contributed by atoms with Crippen molar-refractivity contribution in [2.24, 2.45) is 11.5 Å². The summed E-state index contributed by atoms with van der Waals surface area (Å²) in [5.41, 5.74) is 10.6. The molecule has 0 atom stereocenters. The van der Waals surface area contributed by atoms with Crippen LogP contribution in [0.3, 0.4) is 0 Å². The molecule has 180 valence electrons. The van der Waals surface area contributed by atoms with E-state index in [9.17, 15) is 18.0 Å². The molecule has 11 heteroatoms. The van der Waals surface area contributed by atoms with E-state index < -0.39 is 37.7 Å². The highest BCUT2D eigenvalue weighted by Crippen LogP contribution is 2.28. The topological polar surface area (TPSA) is 173 Å². The molecule has 0 radical (unpaired) electrons. The largest absolute Gasteiger partial charge is 0.365 e. The number of nitrogens with one attached hydrogen (secondary N) is 3. The lowest BCUT2D eigenvalue weighted by atomic mass is 9.91. The highest BCUT2D eigenvalue weighted by molar-refractivity contribution is 7.92. The van der Waals surface area contributed by atoms with Gasteiger partial charge in [0, 0.05) is 12.1 Å². The SMILES string of the molecule is CC(C)S(=O)(=O)c1ccccc1Nc1nc(NCC2(N)CCCCCC2)[nH]c(=O)c1C(N)=O. The highest BCUT2D eigenvalue weighted by Gasteiger charge is 2.27. The molecular formula is C22H32N6O4S. The van der Waals surface area contributed by atoms with Gasteiger partial charge in [-0.15, -0.1) is 0 Å². The Morgan fingerprint density at radius 1 is 1.18 bits per heavy atom. The van der Waals surface area contributed by atoms with Gasteiger partial charge in [0.1, 0.15) is 5.56 Å². The van der Waals surface area contributed by atoms with Crippen molar-refractivity contribution in [2.45, 2.75) is 68.1 Å². The van der Waals surface area contributed by atoms with Crippen LogP contribution in [-0.2, 0) is 9.84 Å². The van der Waals surface area contributed by atoms with Crippen LogP contribution in [0, 0.1) is 0 Å². The standard InChI is InChI=1S/C22H32N6O4S/c1-14(2)33(31,32)16-10-6-5-9-15(16)26-19-17(18(23)29)20(30)28-21(27-19)25-13-22(24)11-7-3-4-8-12-22/h5-6,9-10,14H,3-4,7-8,11-13,24H2,1-2H3,(H2,23,29)(H3,25,26,27,28,30). The fourth-order valence-corrected chi connectivity index (χ4v) is 5.15. The maximum atomic E-state index is 12.8. The molecule has 1 saturated carbocycles. The lowest BCUT2D eigenvalue weighted by Crippen LogP contribution is -2.46. The molecular weight excluding hydrogens is 444 g/mol. The Balaban J connectivity index is 1.96. The summed E-state index contributed by atoms with van der Waals surface area (Å²) in [6, 6.07) is 6.23. The van der Waals surface area contributed by atoms with Gasteiger partial charge >= 0.3 is 0 Å². The molecule has 0 saturated heterocycles. The van der Waals surface area contributed by atoms with Crippen molar-refractivity contribution < 1.29 is 13.2 Å². The summed E-state index contributed by atoms with van der Waals surface area (Å²) in [4.78, 5) is 31.5. The van der Waals surface area contributed by atoms with Crippen LogP contribution in [0.15, 0.2) is 34.0 Å². The second kappa shape index (κ2) is 9.92. The number of primary amides is 1. The van der Waals surface area contributed by atoms with Crippen molar-refractivity contribution in [1.82, 2.24) is 9.97 Å². The highest BCUT2D eigenvalue weighted by atomic mass is 32.2. The van der Waals surface area contributed by atoms with Gasteiger partial charge in [-0.25, -0.2) is 8.42 Å². The Morgan fingerprint density at radius 2 is 1.82 bits per heavy atom. The van der Waals surface area contributed by atoms with Crippen molar-refractivity contribution in [3.05, 3.63) is 40.2 Å². The van der Waals surface area contributed by atoms with Crippen molar-refractivity contribution >= 4 is 33.2 Å². The molecule has 1 amide bonds. The molecule has 10 nitrogen and oxygen atoms in total. The molecule has 1 aliphatic rings. The molecule has 0 unspecified atom stereocenters. The minimum absolute atomic E-state index is 0.0337. The van der Waals surface area contributed by atoms with Gasteiger partial charge in [-0.1, -0.05) is 37.8 Å². The Morgan fingerprint density at radius 3 is 2.42 bits per heavy atom. The predicted molar refractivity (Wildman–Crippen MR) is 129 cm³/mol. The van der Waals surface area contributed by atoms with E-state index in [4.69, 9.17) is 11.5 Å². The first-order valence-electron chi connectivity index (χ1n) is 11.1. The summed E-state index contributed by atoms with van der Waals surface area (Å²) in [5, 5.41) is 5.25. The third-order valence-corrected chi connectivity index (χ3v) is 8.15. The maximum Gasteiger partial charge on any atom is 0.267 e. The second-order valence-electron chi connectivity index (χ2n) is 8.85. The first-order chi connectivity index (χ1) is 15.5. The maximum absolute atomic E-state index is 12.8. The number of hydrogen-bond acceptors (Lipinski definition) is 8. The number of nitrogens with zero attached hydrogens (tertiary/aromatic N) is 1. The van der Waals surface area contributed by atoms with E-state index in [2.05, 4.69) is 20.6 Å². The van der Waals surface area contributed by atoms with E-state index in [0.29, 0.717) is 6.54 Å². The van der Waals surface area contributed by atoms with E-state index in [1.807, 2.05) is 0 Å². The zero-order valence-electron chi connectivity index (χ0n) is 19.0. The molecule has 1 aromatic heterocycles. The van der Waals surface area contributed by atoms with Crippen LogP contribution in [0.5, 0.6) is 0 Å². The fraction of sp³-hybridized carbons (Fsp3) is 0.500. The van der Waals surface area contributed by atoms with Crippen LogP contribution >= 0.6 is 0 Å². The number of nitrogens with two attached hydrogens (primary N) is 2. The summed E-state index contributed by atoms with van der Waals surface area (Å²) in [6.45, 7) is 3.54. The van der Waals surface area contributed by atoms with Gasteiger partial charge < -0.3 is 22.1 Å². The van der Waals surface area contributed by atoms with Gasteiger partial charge in [-0.2, -0.15) is 4.98 Å². The van der Waals surface area contributed by atoms with Gasteiger partial charge in [-0.05, 0) is 38.8 Å². The predicted octanol–water partition coefficient (Wildman–Crippen LogP) is 2.26. The van der Waals surface area contributed by atoms with E-state index in [-0.39, 0.29) is 22.3 Å². The number of H-pyrrole nitrogens is 1. The number of benzene rings is 1. The number of para-hydroxylation sites is 1. The van der Waals surface area contributed by atoms with Gasteiger partial charge in [0.05, 0.1) is 15.8 Å². The van der Waals surface area contributed by atoms with E-state index >= 15 is 0 Å². The number of aromatic amines is 1. The van der Waals surface area contributed by atoms with Crippen LogP contribution in [0.1, 0.15) is 62.7 Å². The normalized spacial score (nSPS) is 16.2. The van der Waals surface area contributed by atoms with E-state index in [1.165, 1.54) is 12.1 Å². The molecule has 1 aliphatic carbocycles. The molecule has 0 bridgehead atoms. The van der Waals surface area contributed by atoms with Crippen molar-refractivity contribution in [1.29, 1.82) is 0 Å². The first kappa shape index (κ1) is 24.7. The number of rotatable bonds is 8. The second-order valence-corrected chi connectivity index (χ2v) is 11.3. The van der Waals surface area contributed by atoms with Crippen LogP contribution in [-0.4, -0.2) is 41.6 Å². The zero-order chi connectivity index (χ0) is 24.2. The first-order valence-corrected chi connectivity index (χ1v) is 12.6. The lowest BCUT2D eigenvalue weighted by molar-refractivity contribution is 0.0999. The molecule has 1 fully saturated rings. The van der Waals surface area contributed by atoms with Gasteiger partial charge in [0.2, 0.25) is 5.95 Å². The number of hydrogen-bond donors (Lipinski definition) is 5. The lowest BCUT2D eigenvalue weighted by Gasteiger charge is -2.28. The molecule has 33 heavy (non-hydrogen) atoms. The minimum Gasteiger partial charge on any atom is -0.365 e. The molecule has 0 aliphatic heterocycles. The van der Waals surface area contributed by atoms with E-state index in [1.54, 1.807) is 26.0 Å². The van der Waals surface area contributed by atoms with Crippen LogP contribution in [0.4, 0.5) is 17.5 Å². The molecule has 2 aromatic rings.